The van der Waals surface area contributed by atoms with Crippen LogP contribution in [0.5, 0.6) is 0 Å². The molecule has 1 fully saturated rings. The van der Waals surface area contributed by atoms with Gasteiger partial charge in [-0.25, -0.2) is 0 Å². The average Bonchev–Trinajstić information content (AvgIpc) is 2.54. The van der Waals surface area contributed by atoms with Gasteiger partial charge < -0.3 is 10.1 Å². The van der Waals surface area contributed by atoms with Crippen molar-refractivity contribution < 1.29 is 9.53 Å². The van der Waals surface area contributed by atoms with Crippen LogP contribution in [0.25, 0.3) is 0 Å². The number of nitriles is 1. The zero-order valence-corrected chi connectivity index (χ0v) is 7.80. The van der Waals surface area contributed by atoms with Crippen molar-refractivity contribution >= 4 is 5.91 Å². The first kappa shape index (κ1) is 10.0. The second-order valence-electron chi connectivity index (χ2n) is 3.38. The number of nitrogens with zero attached hydrogens (tertiary/aromatic N) is 1. The Morgan fingerprint density at radius 3 is 2.69 bits per heavy atom. The molecule has 0 spiro atoms. The van der Waals surface area contributed by atoms with E-state index in [2.05, 4.69) is 16.1 Å². The number of hydrogen-bond donors (Lipinski definition) is 1. The minimum absolute atomic E-state index is 0.0312. The largest absolute Gasteiger partial charge is 0.375 e. The van der Waals surface area contributed by atoms with E-state index < -0.39 is 5.54 Å². The number of rotatable bonds is 3. The van der Waals surface area contributed by atoms with Crippen molar-refractivity contribution in [3.05, 3.63) is 0 Å². The quantitative estimate of drug-likeness (QED) is 0.694. The Balaban J connectivity index is 2.49. The van der Waals surface area contributed by atoms with Crippen LogP contribution < -0.4 is 5.32 Å². The van der Waals surface area contributed by atoms with Crippen LogP contribution in [0.1, 0.15) is 25.7 Å². The zero-order valence-electron chi connectivity index (χ0n) is 7.80. The molecule has 0 saturated heterocycles. The molecule has 1 amide bonds. The first-order chi connectivity index (χ1) is 6.22. The van der Waals surface area contributed by atoms with Gasteiger partial charge in [0.1, 0.15) is 12.1 Å². The van der Waals surface area contributed by atoms with E-state index in [0.29, 0.717) is 0 Å². The van der Waals surface area contributed by atoms with Crippen molar-refractivity contribution in [3.63, 3.8) is 0 Å². The monoisotopic (exact) mass is 182 g/mol. The summed E-state index contributed by atoms with van der Waals surface area (Å²) in [6.45, 7) is 0.0312. The summed E-state index contributed by atoms with van der Waals surface area (Å²) < 4.78 is 4.68. The van der Waals surface area contributed by atoms with Gasteiger partial charge in [0.2, 0.25) is 5.91 Å². The van der Waals surface area contributed by atoms with E-state index in [4.69, 9.17) is 5.26 Å². The van der Waals surface area contributed by atoms with Crippen molar-refractivity contribution in [2.24, 2.45) is 0 Å². The Morgan fingerprint density at radius 1 is 1.62 bits per heavy atom. The molecule has 13 heavy (non-hydrogen) atoms. The smallest absolute Gasteiger partial charge is 0.247 e. The standard InChI is InChI=1S/C9H14N2O2/c1-13-6-8(12)11-9(7-10)4-2-3-5-9/h2-6H2,1H3,(H,11,12). The maximum atomic E-state index is 11.2. The van der Waals surface area contributed by atoms with Crippen molar-refractivity contribution in [3.8, 4) is 6.07 Å². The first-order valence-electron chi connectivity index (χ1n) is 4.44. The van der Waals surface area contributed by atoms with Crippen molar-refractivity contribution in [2.75, 3.05) is 13.7 Å². The molecule has 4 nitrogen and oxygen atoms in total. The summed E-state index contributed by atoms with van der Waals surface area (Å²) in [5.41, 5.74) is -0.615. The van der Waals surface area contributed by atoms with Crippen LogP contribution in [-0.4, -0.2) is 25.2 Å². The average molecular weight is 182 g/mol. The maximum absolute atomic E-state index is 11.2. The van der Waals surface area contributed by atoms with E-state index >= 15 is 0 Å². The number of carbonyl (C=O) groups is 1. The third-order valence-corrected chi connectivity index (χ3v) is 2.33. The lowest BCUT2D eigenvalue weighted by molar-refractivity contribution is -0.126. The summed E-state index contributed by atoms with van der Waals surface area (Å²) in [5, 5.41) is 11.6. The SMILES string of the molecule is COCC(=O)NC1(C#N)CCCC1. The van der Waals surface area contributed by atoms with E-state index in [1.165, 1.54) is 7.11 Å². The van der Waals surface area contributed by atoms with Crippen molar-refractivity contribution in [1.29, 1.82) is 5.26 Å². The molecular formula is C9H14N2O2. The van der Waals surface area contributed by atoms with E-state index in [-0.39, 0.29) is 12.5 Å². The predicted octanol–water partition coefficient (Wildman–Crippen LogP) is 0.585. The fraction of sp³-hybridized carbons (Fsp3) is 0.778. The lowest BCUT2D eigenvalue weighted by Gasteiger charge is -2.21. The number of amides is 1. The van der Waals surface area contributed by atoms with Gasteiger partial charge >= 0.3 is 0 Å². The number of methoxy groups -OCH3 is 1. The molecule has 4 heteroatoms. The molecule has 0 atom stereocenters. The molecule has 0 heterocycles. The Hall–Kier alpha value is -1.08. The van der Waals surface area contributed by atoms with Crippen LogP contribution in [0, 0.1) is 11.3 Å². The van der Waals surface area contributed by atoms with Crippen LogP contribution in [0.15, 0.2) is 0 Å². The molecule has 0 unspecified atom stereocenters. The van der Waals surface area contributed by atoms with Crippen LogP contribution >= 0.6 is 0 Å². The Kier molecular flexibility index (Phi) is 3.26. The molecule has 1 N–H and O–H groups in total. The molecule has 1 aliphatic carbocycles. The first-order valence-corrected chi connectivity index (χ1v) is 4.44. The summed E-state index contributed by atoms with van der Waals surface area (Å²) in [6, 6.07) is 2.18. The Bertz CT molecular complexity index is 226. The molecule has 0 bridgehead atoms. The van der Waals surface area contributed by atoms with Gasteiger partial charge in [-0.2, -0.15) is 5.26 Å². The number of carbonyl (C=O) groups excluding carboxylic acids is 1. The van der Waals surface area contributed by atoms with E-state index in [1.807, 2.05) is 0 Å². The number of hydrogen-bond acceptors (Lipinski definition) is 3. The minimum Gasteiger partial charge on any atom is -0.375 e. The summed E-state index contributed by atoms with van der Waals surface area (Å²) >= 11 is 0. The van der Waals surface area contributed by atoms with Gasteiger partial charge in [-0.15, -0.1) is 0 Å². The second kappa shape index (κ2) is 4.24. The van der Waals surface area contributed by atoms with Crippen LogP contribution in [-0.2, 0) is 9.53 Å². The van der Waals surface area contributed by atoms with Crippen molar-refractivity contribution in [1.82, 2.24) is 5.32 Å². The third-order valence-electron chi connectivity index (χ3n) is 2.33. The van der Waals surface area contributed by atoms with Gasteiger partial charge in [-0.3, -0.25) is 4.79 Å². The van der Waals surface area contributed by atoms with E-state index in [9.17, 15) is 4.79 Å². The Labute approximate surface area is 77.9 Å². The molecule has 1 aliphatic rings. The minimum atomic E-state index is -0.615. The summed E-state index contributed by atoms with van der Waals surface area (Å²) in [5.74, 6) is -0.203. The van der Waals surface area contributed by atoms with Crippen LogP contribution in [0.3, 0.4) is 0 Å². The molecule has 0 radical (unpaired) electrons. The number of nitrogens with one attached hydrogen (secondary N) is 1. The summed E-state index contributed by atoms with van der Waals surface area (Å²) in [6.07, 6.45) is 3.56. The second-order valence-corrected chi connectivity index (χ2v) is 3.38. The molecule has 0 aliphatic heterocycles. The van der Waals surface area contributed by atoms with E-state index in [1.54, 1.807) is 0 Å². The maximum Gasteiger partial charge on any atom is 0.247 e. The molecule has 72 valence electrons. The van der Waals surface area contributed by atoms with Crippen LogP contribution in [0.2, 0.25) is 0 Å². The van der Waals surface area contributed by atoms with Gasteiger partial charge in [0, 0.05) is 7.11 Å². The fourth-order valence-corrected chi connectivity index (χ4v) is 1.68. The van der Waals surface area contributed by atoms with Gasteiger partial charge in [0.05, 0.1) is 6.07 Å². The van der Waals surface area contributed by atoms with E-state index in [0.717, 1.165) is 25.7 Å². The fourth-order valence-electron chi connectivity index (χ4n) is 1.68. The van der Waals surface area contributed by atoms with Crippen molar-refractivity contribution in [2.45, 2.75) is 31.2 Å². The molecule has 0 aromatic rings. The highest BCUT2D eigenvalue weighted by molar-refractivity contribution is 5.78. The number of ether oxygens (including phenoxy) is 1. The Morgan fingerprint density at radius 2 is 2.23 bits per heavy atom. The molecule has 1 rings (SSSR count). The highest BCUT2D eigenvalue weighted by Gasteiger charge is 2.35. The van der Waals surface area contributed by atoms with Gasteiger partial charge in [0.15, 0.2) is 0 Å². The van der Waals surface area contributed by atoms with Gasteiger partial charge in [-0.1, -0.05) is 0 Å². The summed E-state index contributed by atoms with van der Waals surface area (Å²) in [7, 11) is 1.47. The molecule has 1 saturated carbocycles. The molecular weight excluding hydrogens is 168 g/mol. The zero-order chi connectivity index (χ0) is 9.73. The molecule has 0 aromatic heterocycles. The predicted molar refractivity (Wildman–Crippen MR) is 46.8 cm³/mol. The lowest BCUT2D eigenvalue weighted by Crippen LogP contribution is -2.46. The van der Waals surface area contributed by atoms with Gasteiger partial charge in [-0.05, 0) is 25.7 Å². The third kappa shape index (κ3) is 2.43. The van der Waals surface area contributed by atoms with Crippen LogP contribution in [0.4, 0.5) is 0 Å². The van der Waals surface area contributed by atoms with Gasteiger partial charge in [0.25, 0.3) is 0 Å². The summed E-state index contributed by atoms with van der Waals surface area (Å²) in [4.78, 5) is 11.2. The lowest BCUT2D eigenvalue weighted by atomic mass is 10.00. The highest BCUT2D eigenvalue weighted by Crippen LogP contribution is 2.28. The topological polar surface area (TPSA) is 62.1 Å². The highest BCUT2D eigenvalue weighted by atomic mass is 16.5. The molecule has 0 aromatic carbocycles. The normalized spacial score (nSPS) is 19.4.